The Kier molecular flexibility index (Phi) is 7.71. The molecular formula is C18H22O7. The fourth-order valence-electron chi connectivity index (χ4n) is 1.93. The maximum Gasteiger partial charge on any atom is 0.170 e. The molecule has 0 aromatic heterocycles. The number of rotatable bonds is 5. The second-order valence-corrected chi connectivity index (χ2v) is 5.48. The summed E-state index contributed by atoms with van der Waals surface area (Å²) < 4.78 is 0. The van der Waals surface area contributed by atoms with Gasteiger partial charge in [-0.1, -0.05) is 12.1 Å². The number of aliphatic hydroxyl groups is 2. The number of carbonyl (C=O) groups excluding carboxylic acids is 1. The fourth-order valence-corrected chi connectivity index (χ4v) is 1.93. The minimum Gasteiger partial charge on any atom is -0.508 e. The van der Waals surface area contributed by atoms with E-state index in [9.17, 15) is 20.1 Å². The van der Waals surface area contributed by atoms with Crippen LogP contribution in [0.1, 0.15) is 29.3 Å². The van der Waals surface area contributed by atoms with Gasteiger partial charge in [-0.25, -0.2) is 0 Å². The predicted molar refractivity (Wildman–Crippen MR) is 91.0 cm³/mol. The van der Waals surface area contributed by atoms with Gasteiger partial charge in [-0.3, -0.25) is 4.79 Å². The van der Waals surface area contributed by atoms with E-state index in [1.807, 2.05) is 0 Å². The molecule has 0 saturated heterocycles. The number of aromatic hydroxyl groups is 4. The Bertz CT molecular complexity index is 670. The topological polar surface area (TPSA) is 138 Å². The van der Waals surface area contributed by atoms with Crippen LogP contribution < -0.4 is 0 Å². The second-order valence-electron chi connectivity index (χ2n) is 5.48. The van der Waals surface area contributed by atoms with Crippen molar-refractivity contribution in [1.82, 2.24) is 0 Å². The van der Waals surface area contributed by atoms with Gasteiger partial charge in [0.25, 0.3) is 0 Å². The van der Waals surface area contributed by atoms with Gasteiger partial charge in [0.2, 0.25) is 0 Å². The van der Waals surface area contributed by atoms with E-state index in [1.165, 1.54) is 19.1 Å². The van der Waals surface area contributed by atoms with Crippen molar-refractivity contribution in [3.63, 3.8) is 0 Å². The molecule has 0 bridgehead atoms. The fraction of sp³-hybridized carbons (Fsp3) is 0.278. The zero-order valence-electron chi connectivity index (χ0n) is 13.8. The number of phenolic OH excluding ortho intramolecular Hbond substituents is 4. The van der Waals surface area contributed by atoms with E-state index in [-0.39, 0.29) is 30.1 Å². The van der Waals surface area contributed by atoms with Gasteiger partial charge in [0, 0.05) is 18.6 Å². The summed E-state index contributed by atoms with van der Waals surface area (Å²) in [5.41, 5.74) is 0.662. The van der Waals surface area contributed by atoms with Crippen molar-refractivity contribution in [2.45, 2.75) is 25.9 Å². The Balaban J connectivity index is 0.000000550. The monoisotopic (exact) mass is 350 g/mol. The summed E-state index contributed by atoms with van der Waals surface area (Å²) in [7, 11) is 0. The molecule has 0 saturated carbocycles. The molecule has 0 aliphatic rings. The number of Topliss-reactive ketones (excluding diaryl/α,β-unsaturated/α-hetero) is 1. The third kappa shape index (κ3) is 6.70. The predicted octanol–water partition coefficient (Wildman–Crippen LogP) is 1.68. The van der Waals surface area contributed by atoms with Gasteiger partial charge < -0.3 is 30.6 Å². The third-order valence-electron chi connectivity index (χ3n) is 3.20. The minimum absolute atomic E-state index is 0.0939. The lowest BCUT2D eigenvalue weighted by Gasteiger charge is -2.07. The molecular weight excluding hydrogens is 328 g/mol. The lowest BCUT2D eigenvalue weighted by molar-refractivity contribution is 0.0977. The van der Waals surface area contributed by atoms with E-state index >= 15 is 0 Å². The molecule has 0 aliphatic carbocycles. The first-order valence-electron chi connectivity index (χ1n) is 7.59. The van der Waals surface area contributed by atoms with E-state index in [1.54, 1.807) is 12.1 Å². The van der Waals surface area contributed by atoms with Crippen LogP contribution in [0.2, 0.25) is 0 Å². The van der Waals surface area contributed by atoms with Crippen molar-refractivity contribution in [2.75, 3.05) is 6.61 Å². The molecule has 0 radical (unpaired) electrons. The Labute approximate surface area is 145 Å². The van der Waals surface area contributed by atoms with Gasteiger partial charge in [-0.2, -0.15) is 0 Å². The number of aryl methyl sites for hydroxylation is 1. The quantitative estimate of drug-likeness (QED) is 0.451. The second kappa shape index (κ2) is 9.51. The highest BCUT2D eigenvalue weighted by Gasteiger charge is 2.17. The van der Waals surface area contributed by atoms with Crippen LogP contribution in [0, 0.1) is 0 Å². The molecule has 6 N–H and O–H groups in total. The van der Waals surface area contributed by atoms with Crippen LogP contribution in [0.3, 0.4) is 0 Å². The van der Waals surface area contributed by atoms with Crippen LogP contribution in [0.4, 0.5) is 0 Å². The maximum absolute atomic E-state index is 12.0. The van der Waals surface area contributed by atoms with Crippen molar-refractivity contribution in [3.8, 4) is 23.0 Å². The largest absolute Gasteiger partial charge is 0.508 e. The average molecular weight is 350 g/mol. The molecule has 1 atom stereocenters. The van der Waals surface area contributed by atoms with Gasteiger partial charge in [0.15, 0.2) is 5.78 Å². The summed E-state index contributed by atoms with van der Waals surface area (Å²) in [6.45, 7) is 1.39. The first-order valence-corrected chi connectivity index (χ1v) is 7.59. The van der Waals surface area contributed by atoms with Gasteiger partial charge in [0.1, 0.15) is 28.6 Å². The van der Waals surface area contributed by atoms with Gasteiger partial charge >= 0.3 is 0 Å². The number of benzene rings is 2. The van der Waals surface area contributed by atoms with Crippen LogP contribution in [-0.4, -0.2) is 49.1 Å². The van der Waals surface area contributed by atoms with E-state index in [4.69, 9.17) is 15.3 Å². The molecule has 0 heterocycles. The van der Waals surface area contributed by atoms with Gasteiger partial charge in [-0.05, 0) is 31.0 Å². The van der Waals surface area contributed by atoms with E-state index in [0.29, 0.717) is 6.42 Å². The molecule has 0 fully saturated rings. The Morgan fingerprint density at radius 2 is 1.44 bits per heavy atom. The highest BCUT2D eigenvalue weighted by Crippen LogP contribution is 2.33. The first-order chi connectivity index (χ1) is 11.7. The van der Waals surface area contributed by atoms with Crippen molar-refractivity contribution in [1.29, 1.82) is 0 Å². The molecule has 1 unspecified atom stereocenters. The van der Waals surface area contributed by atoms with Crippen LogP contribution in [0.25, 0.3) is 0 Å². The van der Waals surface area contributed by atoms with Gasteiger partial charge in [0.05, 0.1) is 12.7 Å². The highest BCUT2D eigenvalue weighted by atomic mass is 16.3. The summed E-state index contributed by atoms with van der Waals surface area (Å²) in [6, 6.07) is 8.45. The molecule has 0 amide bonds. The van der Waals surface area contributed by atoms with E-state index in [2.05, 4.69) is 0 Å². The summed E-state index contributed by atoms with van der Waals surface area (Å²) >= 11 is 0. The molecule has 0 spiro atoms. The van der Waals surface area contributed by atoms with Crippen LogP contribution in [0.15, 0.2) is 36.4 Å². The number of carbonyl (C=O) groups is 1. The zero-order valence-corrected chi connectivity index (χ0v) is 13.8. The average Bonchev–Trinajstić information content (AvgIpc) is 2.54. The Hall–Kier alpha value is -2.77. The number of hydrogen-bond donors (Lipinski definition) is 6. The standard InChI is InChI=1S/C15H14O5.C3H8O2/c16-10-4-1-9(2-5-10)3-6-12(18)15-13(19)7-11(17)8-14(15)20;1-3(5)2-4/h1-2,4-5,7-8,16-17,19-20H,3,6H2;3-5H,2H2,1H3. The van der Waals surface area contributed by atoms with Crippen molar-refractivity contribution >= 4 is 5.78 Å². The summed E-state index contributed by atoms with van der Waals surface area (Å²) in [4.78, 5) is 12.0. The number of hydrogen-bond acceptors (Lipinski definition) is 7. The lowest BCUT2D eigenvalue weighted by Crippen LogP contribution is -2.03. The highest BCUT2D eigenvalue weighted by molar-refractivity contribution is 6.01. The first kappa shape index (κ1) is 20.3. The van der Waals surface area contributed by atoms with Crippen molar-refractivity contribution in [2.24, 2.45) is 0 Å². The normalized spacial score (nSPS) is 11.3. The van der Waals surface area contributed by atoms with Crippen LogP contribution >= 0.6 is 0 Å². The van der Waals surface area contributed by atoms with Crippen molar-refractivity contribution < 1.29 is 35.4 Å². The summed E-state index contributed by atoms with van der Waals surface area (Å²) in [5, 5.41) is 53.5. The molecule has 0 aliphatic heterocycles. The number of phenols is 4. The number of ketones is 1. The smallest absolute Gasteiger partial charge is 0.170 e. The molecule has 2 aromatic rings. The molecule has 7 nitrogen and oxygen atoms in total. The van der Waals surface area contributed by atoms with Gasteiger partial charge in [-0.15, -0.1) is 0 Å². The summed E-state index contributed by atoms with van der Waals surface area (Å²) in [6.07, 6.45) is -0.0507. The summed E-state index contributed by atoms with van der Waals surface area (Å²) in [5.74, 6) is -1.48. The Morgan fingerprint density at radius 3 is 1.88 bits per heavy atom. The molecule has 25 heavy (non-hydrogen) atoms. The Morgan fingerprint density at radius 1 is 0.960 bits per heavy atom. The lowest BCUT2D eigenvalue weighted by atomic mass is 10.0. The van der Waals surface area contributed by atoms with E-state index in [0.717, 1.165) is 17.7 Å². The maximum atomic E-state index is 12.0. The molecule has 2 aromatic carbocycles. The van der Waals surface area contributed by atoms with Crippen molar-refractivity contribution in [3.05, 3.63) is 47.5 Å². The SMILES string of the molecule is CC(O)CO.O=C(CCc1ccc(O)cc1)c1c(O)cc(O)cc1O. The minimum atomic E-state index is -0.560. The third-order valence-corrected chi connectivity index (χ3v) is 3.20. The van der Waals surface area contributed by atoms with E-state index < -0.39 is 23.4 Å². The van der Waals surface area contributed by atoms with Crippen LogP contribution in [0.5, 0.6) is 23.0 Å². The van der Waals surface area contributed by atoms with Crippen LogP contribution in [-0.2, 0) is 6.42 Å². The zero-order chi connectivity index (χ0) is 19.0. The molecule has 136 valence electrons. The number of aliphatic hydroxyl groups excluding tert-OH is 2. The molecule has 2 rings (SSSR count). The molecule has 7 heteroatoms.